The van der Waals surface area contributed by atoms with Crippen LogP contribution in [0.25, 0.3) is 42.8 Å². The second-order valence-electron chi connectivity index (χ2n) is 13.0. The average Bonchev–Trinajstić information content (AvgIpc) is 3.60. The first-order valence-electron chi connectivity index (χ1n) is 16.1. The standard InChI is InChI=1S/C36H42ClN5O4S/c1-7-45-19-18-41-14-16-42(17-15-41)33-26-21-24(10-13-28(26)40(6)39-33)34-38-27-20-22(2)29(31(35(43)44)46-36(3,4)5)30(32(27)47-34)23-8-11-25(37)12-9-23/h8-13,20-21,31H,7,14-19H2,1-6H3,(H,43,44). The minimum absolute atomic E-state index is 0.609. The lowest BCUT2D eigenvalue weighted by Gasteiger charge is -2.34. The van der Waals surface area contributed by atoms with E-state index in [4.69, 9.17) is 31.2 Å². The summed E-state index contributed by atoms with van der Waals surface area (Å²) in [6.45, 7) is 15.8. The van der Waals surface area contributed by atoms with E-state index in [2.05, 4.69) is 28.0 Å². The molecule has 0 saturated carbocycles. The molecule has 0 aliphatic carbocycles. The highest BCUT2D eigenvalue weighted by Crippen LogP contribution is 2.45. The first-order chi connectivity index (χ1) is 22.4. The van der Waals surface area contributed by atoms with Crippen LogP contribution in [-0.2, 0) is 21.3 Å². The van der Waals surface area contributed by atoms with Crippen molar-refractivity contribution in [1.29, 1.82) is 0 Å². The van der Waals surface area contributed by atoms with Crippen molar-refractivity contribution in [2.24, 2.45) is 7.05 Å². The molecule has 1 N–H and O–H groups in total. The maximum absolute atomic E-state index is 12.7. The zero-order valence-corrected chi connectivity index (χ0v) is 29.4. The van der Waals surface area contributed by atoms with Crippen LogP contribution in [0.5, 0.6) is 0 Å². The number of thiazole rings is 1. The molecule has 0 amide bonds. The summed E-state index contributed by atoms with van der Waals surface area (Å²) >= 11 is 7.84. The van der Waals surface area contributed by atoms with Gasteiger partial charge in [-0.15, -0.1) is 11.3 Å². The number of aliphatic carboxylic acids is 1. The fourth-order valence-corrected chi connectivity index (χ4v) is 7.54. The molecule has 1 aliphatic heterocycles. The summed E-state index contributed by atoms with van der Waals surface area (Å²) in [4.78, 5) is 22.6. The Morgan fingerprint density at radius 3 is 2.43 bits per heavy atom. The zero-order chi connectivity index (χ0) is 33.5. The highest BCUT2D eigenvalue weighted by Gasteiger charge is 2.32. The Morgan fingerprint density at radius 1 is 1.06 bits per heavy atom. The molecule has 9 nitrogen and oxygen atoms in total. The molecule has 1 atom stereocenters. The fourth-order valence-electron chi connectivity index (χ4n) is 6.30. The molecule has 0 spiro atoms. The van der Waals surface area contributed by atoms with Gasteiger partial charge in [0.1, 0.15) is 5.01 Å². The van der Waals surface area contributed by atoms with Crippen molar-refractivity contribution in [3.8, 4) is 21.7 Å². The van der Waals surface area contributed by atoms with Crippen LogP contribution in [0.15, 0.2) is 48.5 Å². The van der Waals surface area contributed by atoms with Crippen LogP contribution in [0.4, 0.5) is 5.82 Å². The third-order valence-electron chi connectivity index (χ3n) is 8.52. The summed E-state index contributed by atoms with van der Waals surface area (Å²) in [5.41, 5.74) is 5.30. The number of aromatic nitrogens is 3. The molecule has 1 fully saturated rings. The predicted molar refractivity (Wildman–Crippen MR) is 191 cm³/mol. The average molecular weight is 676 g/mol. The van der Waals surface area contributed by atoms with Crippen molar-refractivity contribution in [2.45, 2.75) is 46.3 Å². The van der Waals surface area contributed by atoms with Gasteiger partial charge in [0.15, 0.2) is 11.9 Å². The molecule has 0 bridgehead atoms. The van der Waals surface area contributed by atoms with Gasteiger partial charge >= 0.3 is 5.97 Å². The highest BCUT2D eigenvalue weighted by molar-refractivity contribution is 7.22. The number of ether oxygens (including phenoxy) is 2. The van der Waals surface area contributed by atoms with E-state index < -0.39 is 17.7 Å². The number of piperazine rings is 1. The molecule has 2 aromatic heterocycles. The number of hydrogen-bond donors (Lipinski definition) is 1. The normalized spacial score (nSPS) is 15.2. The van der Waals surface area contributed by atoms with Crippen molar-refractivity contribution >= 4 is 55.8 Å². The third kappa shape index (κ3) is 7.03. The van der Waals surface area contributed by atoms with E-state index in [1.165, 1.54) is 0 Å². The summed E-state index contributed by atoms with van der Waals surface area (Å²) < 4.78 is 14.6. The van der Waals surface area contributed by atoms with E-state index in [0.717, 1.165) is 100 Å². The van der Waals surface area contributed by atoms with Crippen LogP contribution in [0, 0.1) is 6.92 Å². The molecule has 0 radical (unpaired) electrons. The largest absolute Gasteiger partial charge is 0.479 e. The van der Waals surface area contributed by atoms with Crippen LogP contribution < -0.4 is 4.90 Å². The van der Waals surface area contributed by atoms with Crippen LogP contribution in [0.1, 0.15) is 44.9 Å². The molecule has 3 heterocycles. The lowest BCUT2D eigenvalue weighted by atomic mass is 9.91. The number of carboxylic acids is 1. The maximum Gasteiger partial charge on any atom is 0.337 e. The topological polar surface area (TPSA) is 93.0 Å². The smallest absolute Gasteiger partial charge is 0.337 e. The molecule has 3 aromatic carbocycles. The number of fused-ring (bicyclic) bond motifs is 2. The third-order valence-corrected chi connectivity index (χ3v) is 9.91. The van der Waals surface area contributed by atoms with E-state index in [9.17, 15) is 9.90 Å². The first-order valence-corrected chi connectivity index (χ1v) is 17.3. The summed E-state index contributed by atoms with van der Waals surface area (Å²) in [6.07, 6.45) is -1.16. The van der Waals surface area contributed by atoms with Gasteiger partial charge in [-0.3, -0.25) is 9.58 Å². The molecular weight excluding hydrogens is 634 g/mol. The molecule has 5 aromatic rings. The maximum atomic E-state index is 12.7. The molecule has 11 heteroatoms. The molecule has 6 rings (SSSR count). The minimum atomic E-state index is -1.16. The highest BCUT2D eigenvalue weighted by atomic mass is 35.5. The Morgan fingerprint density at radius 2 is 1.77 bits per heavy atom. The van der Waals surface area contributed by atoms with E-state index >= 15 is 0 Å². The number of rotatable bonds is 10. The van der Waals surface area contributed by atoms with Crippen LogP contribution in [-0.4, -0.2) is 82.3 Å². The van der Waals surface area contributed by atoms with Gasteiger partial charge in [0, 0.05) is 73.5 Å². The number of nitrogens with zero attached hydrogens (tertiary/aromatic N) is 5. The van der Waals surface area contributed by atoms with Gasteiger partial charge in [-0.05, 0) is 82.1 Å². The van der Waals surface area contributed by atoms with Crippen molar-refractivity contribution in [2.75, 3.05) is 50.8 Å². The molecule has 248 valence electrons. The van der Waals surface area contributed by atoms with Gasteiger partial charge < -0.3 is 19.5 Å². The van der Waals surface area contributed by atoms with Crippen LogP contribution >= 0.6 is 22.9 Å². The lowest BCUT2D eigenvalue weighted by molar-refractivity contribution is -0.160. The molecular formula is C36H42ClN5O4S. The number of benzene rings is 3. The quantitative estimate of drug-likeness (QED) is 0.152. The summed E-state index contributed by atoms with van der Waals surface area (Å²) in [5, 5.41) is 17.9. The Hall–Kier alpha value is -3.54. The van der Waals surface area contributed by atoms with Gasteiger partial charge in [-0.1, -0.05) is 23.7 Å². The summed E-state index contributed by atoms with van der Waals surface area (Å²) in [6, 6.07) is 15.9. The number of carboxylic acid groups (broad SMARTS) is 1. The second kappa shape index (κ2) is 13.5. The van der Waals surface area contributed by atoms with Crippen molar-refractivity contribution in [3.63, 3.8) is 0 Å². The lowest BCUT2D eigenvalue weighted by Crippen LogP contribution is -2.47. The Kier molecular flexibility index (Phi) is 9.60. The Balaban J connectivity index is 1.43. The van der Waals surface area contributed by atoms with E-state index in [1.807, 2.05) is 76.7 Å². The molecule has 1 aliphatic rings. The van der Waals surface area contributed by atoms with E-state index in [-0.39, 0.29) is 0 Å². The minimum Gasteiger partial charge on any atom is -0.479 e. The number of halogens is 1. The van der Waals surface area contributed by atoms with Gasteiger partial charge in [0.25, 0.3) is 0 Å². The van der Waals surface area contributed by atoms with Gasteiger partial charge in [0.2, 0.25) is 0 Å². The predicted octanol–water partition coefficient (Wildman–Crippen LogP) is 7.58. The summed E-state index contributed by atoms with van der Waals surface area (Å²) in [5.74, 6) is -0.0504. The van der Waals surface area contributed by atoms with Crippen molar-refractivity contribution in [1.82, 2.24) is 19.7 Å². The second-order valence-corrected chi connectivity index (χ2v) is 14.4. The van der Waals surface area contributed by atoms with Gasteiger partial charge in [-0.2, -0.15) is 5.10 Å². The number of carbonyl (C=O) groups is 1. The van der Waals surface area contributed by atoms with Gasteiger partial charge in [-0.25, -0.2) is 9.78 Å². The summed E-state index contributed by atoms with van der Waals surface area (Å²) in [7, 11) is 1.99. The van der Waals surface area contributed by atoms with Crippen LogP contribution in [0.3, 0.4) is 0 Å². The number of aryl methyl sites for hydroxylation is 2. The van der Waals surface area contributed by atoms with Crippen molar-refractivity contribution in [3.05, 3.63) is 64.7 Å². The van der Waals surface area contributed by atoms with Crippen molar-refractivity contribution < 1.29 is 19.4 Å². The molecule has 1 unspecified atom stereocenters. The van der Waals surface area contributed by atoms with Crippen LogP contribution in [0.2, 0.25) is 5.02 Å². The number of anilines is 1. The monoisotopic (exact) mass is 675 g/mol. The van der Waals surface area contributed by atoms with Gasteiger partial charge in [0.05, 0.1) is 27.9 Å². The van der Waals surface area contributed by atoms with E-state index in [0.29, 0.717) is 10.6 Å². The fraction of sp³-hybridized carbons (Fsp3) is 0.417. The zero-order valence-electron chi connectivity index (χ0n) is 27.8. The molecule has 47 heavy (non-hydrogen) atoms. The van der Waals surface area contributed by atoms with E-state index in [1.54, 1.807) is 11.3 Å². The molecule has 1 saturated heterocycles. The first kappa shape index (κ1) is 33.4. The Labute approximate surface area is 284 Å². The number of hydrogen-bond acceptors (Lipinski definition) is 8. The Bertz CT molecular complexity index is 1910. The SMILES string of the molecule is CCOCCN1CCN(c2nn(C)c3ccc(-c4nc5cc(C)c(C(OC(C)(C)C)C(=O)O)c(-c6ccc(Cl)cc6)c5s4)cc23)CC1.